The summed E-state index contributed by atoms with van der Waals surface area (Å²) in [6.45, 7) is -1.22. The molecule has 12 heteroatoms. The first-order valence-corrected chi connectivity index (χ1v) is 7.56. The van der Waals surface area contributed by atoms with E-state index in [2.05, 4.69) is 13.4 Å². The second kappa shape index (κ2) is 6.67. The monoisotopic (exact) mass is 349 g/mol. The van der Waals surface area contributed by atoms with Crippen molar-refractivity contribution in [2.24, 2.45) is 0 Å². The number of alkyl halides is 3. The van der Waals surface area contributed by atoms with E-state index in [9.17, 15) is 26.2 Å². The van der Waals surface area contributed by atoms with Gasteiger partial charge < -0.3 is 4.74 Å². The number of methoxy groups -OCH3 is 1. The maximum atomic E-state index is 12.9. The fourth-order valence-corrected chi connectivity index (χ4v) is 2.70. The molecule has 0 saturated carbocycles. The van der Waals surface area contributed by atoms with Crippen LogP contribution < -0.4 is 4.74 Å². The van der Waals surface area contributed by atoms with E-state index in [1.54, 1.807) is 0 Å². The van der Waals surface area contributed by atoms with Crippen molar-refractivity contribution in [1.29, 1.82) is 0 Å². The van der Waals surface area contributed by atoms with Crippen molar-refractivity contribution in [2.45, 2.75) is 11.1 Å². The van der Waals surface area contributed by atoms with Crippen molar-refractivity contribution in [2.75, 3.05) is 13.9 Å². The number of ether oxygens (including phenoxy) is 1. The summed E-state index contributed by atoms with van der Waals surface area (Å²) in [7, 11) is -7.10. The third-order valence-electron chi connectivity index (χ3n) is 2.12. The van der Waals surface area contributed by atoms with Gasteiger partial charge in [-0.25, -0.2) is 4.18 Å². The van der Waals surface area contributed by atoms with E-state index in [4.69, 9.17) is 4.89 Å². The minimum Gasteiger partial charge on any atom is -0.495 e. The molecule has 118 valence electrons. The highest BCUT2D eigenvalue weighted by Gasteiger charge is 2.40. The number of benzene rings is 1. The first-order valence-electron chi connectivity index (χ1n) is 5.02. The standard InChI is InChI=1S/C9H8F3O7PS/c1-17-7-4-2-3-6(9(10,11)12)8(7)21(15,16)19-5-18-20(13)14/h2-4H,5H2,1H3/p+1. The van der Waals surface area contributed by atoms with E-state index in [1.165, 1.54) is 0 Å². The highest BCUT2D eigenvalue weighted by Crippen LogP contribution is 2.39. The van der Waals surface area contributed by atoms with Crippen LogP contribution in [0.2, 0.25) is 0 Å². The Balaban J connectivity index is 3.29. The van der Waals surface area contributed by atoms with Crippen LogP contribution in [0.4, 0.5) is 13.2 Å². The molecule has 0 aromatic heterocycles. The van der Waals surface area contributed by atoms with Gasteiger partial charge in [0, 0.05) is 4.57 Å². The minimum atomic E-state index is -4.97. The highest BCUT2D eigenvalue weighted by atomic mass is 32.2. The minimum absolute atomic E-state index is 0.534. The first-order chi connectivity index (χ1) is 9.59. The topological polar surface area (TPSA) is 99.1 Å². The van der Waals surface area contributed by atoms with Gasteiger partial charge in [0.2, 0.25) is 6.79 Å². The molecule has 0 saturated heterocycles. The molecule has 1 aromatic carbocycles. The van der Waals surface area contributed by atoms with E-state index < -0.39 is 47.6 Å². The van der Waals surface area contributed by atoms with Crippen molar-refractivity contribution in [3.8, 4) is 5.75 Å². The molecule has 0 bridgehead atoms. The Hall–Kier alpha value is -1.26. The van der Waals surface area contributed by atoms with Crippen LogP contribution in [0.5, 0.6) is 5.75 Å². The summed E-state index contributed by atoms with van der Waals surface area (Å²) in [6, 6.07) is 2.49. The second-order valence-corrected chi connectivity index (χ2v) is 5.68. The summed E-state index contributed by atoms with van der Waals surface area (Å²) in [5.41, 5.74) is -1.49. The molecule has 0 radical (unpaired) electrons. The van der Waals surface area contributed by atoms with E-state index in [0.717, 1.165) is 19.2 Å². The third kappa shape index (κ3) is 4.61. The van der Waals surface area contributed by atoms with Crippen LogP contribution in [0, 0.1) is 0 Å². The van der Waals surface area contributed by atoms with Gasteiger partial charge in [-0.05, 0) is 12.1 Å². The quantitative estimate of drug-likeness (QED) is 0.477. The molecule has 0 aliphatic rings. The predicted octanol–water partition coefficient (Wildman–Crippen LogP) is 2.04. The molecule has 1 N–H and O–H groups in total. The Bertz CT molecular complexity index is 629. The summed E-state index contributed by atoms with van der Waals surface area (Å²) in [6.07, 6.45) is -4.97. The maximum absolute atomic E-state index is 12.9. The average molecular weight is 349 g/mol. The van der Waals surface area contributed by atoms with Crippen molar-refractivity contribution in [3.63, 3.8) is 0 Å². The zero-order chi connectivity index (χ0) is 16.3. The lowest BCUT2D eigenvalue weighted by Crippen LogP contribution is -2.17. The molecule has 0 heterocycles. The Kier molecular flexibility index (Phi) is 5.65. The molecule has 0 spiro atoms. The van der Waals surface area contributed by atoms with Crippen LogP contribution in [0.1, 0.15) is 5.56 Å². The van der Waals surface area contributed by atoms with Crippen LogP contribution in [0.25, 0.3) is 0 Å². The number of hydrogen-bond donors (Lipinski definition) is 1. The van der Waals surface area contributed by atoms with E-state index in [0.29, 0.717) is 6.07 Å². The SMILES string of the molecule is COc1cccc(C(F)(F)F)c1S(=O)(=O)OCO[P+](=O)O. The summed E-state index contributed by atoms with van der Waals surface area (Å²) in [5.74, 6) is -0.585. The van der Waals surface area contributed by atoms with Gasteiger partial charge in [0.25, 0.3) is 0 Å². The summed E-state index contributed by atoms with van der Waals surface area (Å²) in [5, 5.41) is 0. The van der Waals surface area contributed by atoms with Gasteiger partial charge in [-0.15, -0.1) is 4.89 Å². The second-order valence-electron chi connectivity index (χ2n) is 3.39. The van der Waals surface area contributed by atoms with Crippen molar-refractivity contribution in [1.82, 2.24) is 0 Å². The van der Waals surface area contributed by atoms with Gasteiger partial charge in [-0.1, -0.05) is 10.6 Å². The first kappa shape index (κ1) is 17.8. The van der Waals surface area contributed by atoms with E-state index in [1.807, 2.05) is 0 Å². The number of rotatable bonds is 6. The van der Waals surface area contributed by atoms with E-state index >= 15 is 0 Å². The van der Waals surface area contributed by atoms with Crippen LogP contribution in [0.3, 0.4) is 0 Å². The van der Waals surface area contributed by atoms with Gasteiger partial charge in [0.05, 0.1) is 12.7 Å². The average Bonchev–Trinajstić information content (AvgIpc) is 2.36. The lowest BCUT2D eigenvalue weighted by Gasteiger charge is -2.15. The molecular weight excluding hydrogens is 340 g/mol. The van der Waals surface area contributed by atoms with Crippen molar-refractivity contribution < 1.29 is 44.5 Å². The summed E-state index contributed by atoms with van der Waals surface area (Å²) < 4.78 is 85.0. The molecule has 0 fully saturated rings. The predicted molar refractivity (Wildman–Crippen MR) is 62.0 cm³/mol. The highest BCUT2D eigenvalue weighted by molar-refractivity contribution is 7.87. The molecule has 1 rings (SSSR count). The molecular formula is C9H9F3O7PS+. The van der Waals surface area contributed by atoms with Gasteiger partial charge in [0.1, 0.15) is 10.6 Å². The summed E-state index contributed by atoms with van der Waals surface area (Å²) in [4.78, 5) is 7.07. The number of halogens is 3. The maximum Gasteiger partial charge on any atom is 0.697 e. The molecule has 7 nitrogen and oxygen atoms in total. The third-order valence-corrected chi connectivity index (χ3v) is 3.77. The lowest BCUT2D eigenvalue weighted by atomic mass is 10.2. The molecule has 1 atom stereocenters. The van der Waals surface area contributed by atoms with E-state index in [-0.39, 0.29) is 0 Å². The zero-order valence-electron chi connectivity index (χ0n) is 10.3. The van der Waals surface area contributed by atoms with Crippen LogP contribution in [-0.4, -0.2) is 27.2 Å². The molecule has 0 amide bonds. The Morgan fingerprint density at radius 1 is 1.33 bits per heavy atom. The number of hydrogen-bond acceptors (Lipinski definition) is 6. The molecule has 1 aromatic rings. The molecule has 0 aliphatic heterocycles. The fraction of sp³-hybridized carbons (Fsp3) is 0.333. The van der Waals surface area contributed by atoms with Gasteiger partial charge in [-0.2, -0.15) is 21.6 Å². The largest absolute Gasteiger partial charge is 0.697 e. The van der Waals surface area contributed by atoms with Crippen LogP contribution >= 0.6 is 8.25 Å². The molecule has 1 unspecified atom stereocenters. The van der Waals surface area contributed by atoms with Crippen molar-refractivity contribution >= 4 is 18.4 Å². The lowest BCUT2D eigenvalue weighted by molar-refractivity contribution is -0.140. The van der Waals surface area contributed by atoms with Crippen molar-refractivity contribution in [3.05, 3.63) is 23.8 Å². The Labute approximate surface area is 118 Å². The van der Waals surface area contributed by atoms with Crippen LogP contribution in [0.15, 0.2) is 23.1 Å². The Morgan fingerprint density at radius 2 is 1.95 bits per heavy atom. The summed E-state index contributed by atoms with van der Waals surface area (Å²) >= 11 is 0. The molecule has 0 aliphatic carbocycles. The molecule has 21 heavy (non-hydrogen) atoms. The van der Waals surface area contributed by atoms with Gasteiger partial charge in [0.15, 0.2) is 0 Å². The normalized spacial score (nSPS) is 13.1. The smallest absolute Gasteiger partial charge is 0.495 e. The van der Waals surface area contributed by atoms with Crippen LogP contribution in [-0.2, 0) is 29.6 Å². The fourth-order valence-electron chi connectivity index (χ4n) is 1.35. The van der Waals surface area contributed by atoms with Gasteiger partial charge >= 0.3 is 24.5 Å². The van der Waals surface area contributed by atoms with Gasteiger partial charge in [-0.3, -0.25) is 0 Å². The Morgan fingerprint density at radius 3 is 2.43 bits per heavy atom. The zero-order valence-corrected chi connectivity index (χ0v) is 12.0.